The predicted molar refractivity (Wildman–Crippen MR) is 105 cm³/mol. The Morgan fingerprint density at radius 3 is 2.59 bits per heavy atom. The minimum absolute atomic E-state index is 0.0295. The highest BCUT2D eigenvalue weighted by Crippen LogP contribution is 2.39. The van der Waals surface area contributed by atoms with Gasteiger partial charge in [0.25, 0.3) is 5.91 Å². The molecular formula is C20H20ClNO7. The molecule has 1 N–H and O–H groups in total. The molecule has 2 aromatic carbocycles. The third kappa shape index (κ3) is 5.03. The highest BCUT2D eigenvalue weighted by molar-refractivity contribution is 6.32. The summed E-state index contributed by atoms with van der Waals surface area (Å²) in [5.74, 6) is 0.616. The lowest BCUT2D eigenvalue weighted by Gasteiger charge is -2.13. The lowest BCUT2D eigenvalue weighted by Crippen LogP contribution is -2.21. The summed E-state index contributed by atoms with van der Waals surface area (Å²) >= 11 is 6.05. The number of fused-ring (bicyclic) bond motifs is 1. The number of carbonyl (C=O) groups is 2. The van der Waals surface area contributed by atoms with Gasteiger partial charge in [0.1, 0.15) is 0 Å². The van der Waals surface area contributed by atoms with Gasteiger partial charge in [0, 0.05) is 11.8 Å². The van der Waals surface area contributed by atoms with E-state index in [-0.39, 0.29) is 17.4 Å². The maximum Gasteiger partial charge on any atom is 0.338 e. The van der Waals surface area contributed by atoms with Gasteiger partial charge in [-0.25, -0.2) is 4.79 Å². The van der Waals surface area contributed by atoms with E-state index in [9.17, 15) is 9.59 Å². The Morgan fingerprint density at radius 1 is 1.07 bits per heavy atom. The summed E-state index contributed by atoms with van der Waals surface area (Å²) in [6, 6.07) is 7.87. The number of ether oxygens (including phenoxy) is 5. The van der Waals surface area contributed by atoms with Crippen LogP contribution >= 0.6 is 11.6 Å². The van der Waals surface area contributed by atoms with Crippen LogP contribution in [-0.4, -0.2) is 38.5 Å². The number of hydrogen-bond donors (Lipinski definition) is 1. The Kier molecular flexibility index (Phi) is 6.66. The Bertz CT molecular complexity index is 916. The molecule has 0 atom stereocenters. The van der Waals surface area contributed by atoms with Crippen LogP contribution in [0.4, 0.5) is 5.69 Å². The van der Waals surface area contributed by atoms with Crippen molar-refractivity contribution in [1.29, 1.82) is 0 Å². The average molecular weight is 422 g/mol. The first kappa shape index (κ1) is 20.6. The summed E-state index contributed by atoms with van der Waals surface area (Å²) in [6.07, 6.45) is 0. The molecule has 0 radical (unpaired) electrons. The van der Waals surface area contributed by atoms with Gasteiger partial charge in [0.15, 0.2) is 29.6 Å². The smallest absolute Gasteiger partial charge is 0.338 e. The lowest BCUT2D eigenvalue weighted by molar-refractivity contribution is -0.119. The van der Waals surface area contributed by atoms with E-state index in [1.807, 2.05) is 13.8 Å². The molecule has 1 aliphatic rings. The Hall–Kier alpha value is -3.13. The van der Waals surface area contributed by atoms with Gasteiger partial charge in [-0.1, -0.05) is 11.6 Å². The van der Waals surface area contributed by atoms with Crippen LogP contribution in [-0.2, 0) is 9.53 Å². The van der Waals surface area contributed by atoms with Gasteiger partial charge in [-0.15, -0.1) is 0 Å². The normalized spacial score (nSPS) is 11.7. The fourth-order valence-electron chi connectivity index (χ4n) is 2.63. The van der Waals surface area contributed by atoms with E-state index in [1.54, 1.807) is 18.2 Å². The minimum atomic E-state index is -0.706. The van der Waals surface area contributed by atoms with Crippen molar-refractivity contribution < 1.29 is 33.3 Å². The van der Waals surface area contributed by atoms with Crippen LogP contribution in [0.15, 0.2) is 30.3 Å². The molecule has 0 bridgehead atoms. The molecule has 2 aromatic rings. The van der Waals surface area contributed by atoms with Gasteiger partial charge in [0.05, 0.1) is 23.8 Å². The van der Waals surface area contributed by atoms with Gasteiger partial charge in [-0.2, -0.15) is 0 Å². The number of carbonyl (C=O) groups excluding carboxylic acids is 2. The van der Waals surface area contributed by atoms with Crippen LogP contribution in [0.2, 0.25) is 5.02 Å². The van der Waals surface area contributed by atoms with E-state index < -0.39 is 18.5 Å². The van der Waals surface area contributed by atoms with Gasteiger partial charge >= 0.3 is 5.97 Å². The molecular weight excluding hydrogens is 402 g/mol. The molecule has 154 valence electrons. The molecule has 0 spiro atoms. The molecule has 1 aliphatic heterocycles. The number of benzene rings is 2. The van der Waals surface area contributed by atoms with Crippen molar-refractivity contribution >= 4 is 29.2 Å². The first-order valence-electron chi connectivity index (χ1n) is 8.97. The molecule has 1 heterocycles. The maximum atomic E-state index is 12.2. The van der Waals surface area contributed by atoms with Gasteiger partial charge in [0.2, 0.25) is 6.79 Å². The van der Waals surface area contributed by atoms with Crippen molar-refractivity contribution in [2.45, 2.75) is 13.8 Å². The van der Waals surface area contributed by atoms with E-state index in [2.05, 4.69) is 5.32 Å². The number of nitrogens with one attached hydrogen (secondary N) is 1. The minimum Gasteiger partial charge on any atom is -0.490 e. The van der Waals surface area contributed by atoms with Crippen molar-refractivity contribution in [3.05, 3.63) is 40.9 Å². The molecule has 0 fully saturated rings. The summed E-state index contributed by atoms with van der Waals surface area (Å²) in [6.45, 7) is 4.22. The zero-order chi connectivity index (χ0) is 20.8. The molecule has 0 aromatic heterocycles. The Labute approximate surface area is 172 Å². The maximum absolute atomic E-state index is 12.2. The van der Waals surface area contributed by atoms with E-state index in [4.69, 9.17) is 35.3 Å². The van der Waals surface area contributed by atoms with Crippen molar-refractivity contribution in [3.63, 3.8) is 0 Å². The lowest BCUT2D eigenvalue weighted by atomic mass is 10.2. The van der Waals surface area contributed by atoms with Crippen LogP contribution in [0, 0.1) is 0 Å². The van der Waals surface area contributed by atoms with Crippen LogP contribution in [0.25, 0.3) is 0 Å². The highest BCUT2D eigenvalue weighted by Gasteiger charge is 2.21. The van der Waals surface area contributed by atoms with Crippen molar-refractivity contribution in [3.8, 4) is 23.0 Å². The SMILES string of the molecule is CCOc1ccc(NC(=O)COC(=O)c2cc(Cl)c3c(c2)OCO3)cc1OCC. The van der Waals surface area contributed by atoms with Gasteiger partial charge in [-0.3, -0.25) is 4.79 Å². The molecule has 0 aliphatic carbocycles. The molecule has 0 saturated carbocycles. The molecule has 9 heteroatoms. The second-order valence-electron chi connectivity index (χ2n) is 5.84. The number of esters is 1. The number of rotatable bonds is 8. The van der Waals surface area contributed by atoms with Gasteiger partial charge in [-0.05, 0) is 38.1 Å². The number of halogens is 1. The second-order valence-corrected chi connectivity index (χ2v) is 6.25. The van der Waals surface area contributed by atoms with Crippen molar-refractivity contribution in [1.82, 2.24) is 0 Å². The predicted octanol–water partition coefficient (Wildman–Crippen LogP) is 3.66. The van der Waals surface area contributed by atoms with Crippen LogP contribution < -0.4 is 24.3 Å². The highest BCUT2D eigenvalue weighted by atomic mass is 35.5. The summed E-state index contributed by atoms with van der Waals surface area (Å²) in [4.78, 5) is 24.4. The monoisotopic (exact) mass is 421 g/mol. The first-order valence-corrected chi connectivity index (χ1v) is 9.35. The van der Waals surface area contributed by atoms with Crippen LogP contribution in [0.5, 0.6) is 23.0 Å². The Morgan fingerprint density at radius 2 is 1.83 bits per heavy atom. The fraction of sp³-hybridized carbons (Fsp3) is 0.300. The van der Waals surface area contributed by atoms with E-state index in [1.165, 1.54) is 12.1 Å². The van der Waals surface area contributed by atoms with Crippen molar-refractivity contribution in [2.75, 3.05) is 31.9 Å². The number of hydrogen-bond acceptors (Lipinski definition) is 7. The third-order valence-corrected chi connectivity index (χ3v) is 4.11. The molecule has 3 rings (SSSR count). The van der Waals surface area contributed by atoms with E-state index >= 15 is 0 Å². The zero-order valence-corrected chi connectivity index (χ0v) is 16.7. The average Bonchev–Trinajstić information content (AvgIpc) is 3.18. The van der Waals surface area contributed by atoms with E-state index in [0.29, 0.717) is 41.9 Å². The molecule has 0 saturated heterocycles. The number of anilines is 1. The molecule has 29 heavy (non-hydrogen) atoms. The first-order chi connectivity index (χ1) is 14.0. The standard InChI is InChI=1S/C20H20ClNO7/c1-3-25-15-6-5-13(9-16(15)26-4-2)22-18(23)10-27-20(24)12-7-14(21)19-17(8-12)28-11-29-19/h5-9H,3-4,10-11H2,1-2H3,(H,22,23). The summed E-state index contributed by atoms with van der Waals surface area (Å²) < 4.78 is 26.5. The van der Waals surface area contributed by atoms with Crippen LogP contribution in [0.1, 0.15) is 24.2 Å². The topological polar surface area (TPSA) is 92.3 Å². The summed E-state index contributed by atoms with van der Waals surface area (Å²) in [5.41, 5.74) is 0.649. The Balaban J connectivity index is 1.59. The van der Waals surface area contributed by atoms with Gasteiger partial charge < -0.3 is 29.0 Å². The number of amides is 1. The summed E-state index contributed by atoms with van der Waals surface area (Å²) in [7, 11) is 0. The fourth-order valence-corrected chi connectivity index (χ4v) is 2.89. The molecule has 8 nitrogen and oxygen atoms in total. The zero-order valence-electron chi connectivity index (χ0n) is 16.0. The van der Waals surface area contributed by atoms with Crippen molar-refractivity contribution in [2.24, 2.45) is 0 Å². The molecule has 1 amide bonds. The summed E-state index contributed by atoms with van der Waals surface area (Å²) in [5, 5.41) is 2.88. The third-order valence-electron chi connectivity index (χ3n) is 3.82. The van der Waals surface area contributed by atoms with Crippen LogP contribution in [0.3, 0.4) is 0 Å². The quantitative estimate of drug-likeness (QED) is 0.650. The van der Waals surface area contributed by atoms with E-state index in [0.717, 1.165) is 0 Å². The molecule has 0 unspecified atom stereocenters. The largest absolute Gasteiger partial charge is 0.490 e. The second kappa shape index (κ2) is 9.38.